The number of carbonyl (C=O) groups is 4. The van der Waals surface area contributed by atoms with Crippen molar-refractivity contribution < 1.29 is 19.2 Å². The first-order valence-electron chi connectivity index (χ1n) is 17.8. The molecular weight excluding hydrogens is 739 g/mol. The minimum Gasteiger partial charge on any atom is -0.341 e. The molecule has 5 nitrogen and oxygen atoms in total. The molecule has 0 atom stereocenters. The number of thiophene rings is 3. The van der Waals surface area contributed by atoms with Gasteiger partial charge in [-0.2, -0.15) is 0 Å². The van der Waals surface area contributed by atoms with Crippen molar-refractivity contribution in [2.75, 3.05) is 0 Å². The number of rotatable bonds is 2. The van der Waals surface area contributed by atoms with E-state index in [1.165, 1.54) is 0 Å². The third-order valence-electron chi connectivity index (χ3n) is 11.2. The van der Waals surface area contributed by atoms with Crippen molar-refractivity contribution in [2.45, 2.75) is 0 Å². The predicted molar refractivity (Wildman–Crippen MR) is 228 cm³/mol. The van der Waals surface area contributed by atoms with Gasteiger partial charge in [0.2, 0.25) is 0 Å². The number of nitrogens with zero attached hydrogens (tertiary/aromatic N) is 1. The van der Waals surface area contributed by atoms with Crippen LogP contribution in [0, 0.1) is 0 Å². The second kappa shape index (κ2) is 10.9. The average molecular weight is 762 g/mol. The molecule has 0 bridgehead atoms. The Kier molecular flexibility index (Phi) is 6.15. The molecule has 0 saturated carbocycles. The molecular formula is C47H23NO4S3. The molecule has 6 aromatic carbocycles. The topological polar surface area (TPSA) is 73.2 Å². The lowest BCUT2D eigenvalue weighted by Crippen LogP contribution is -1.99. The van der Waals surface area contributed by atoms with E-state index in [1.54, 1.807) is 46.2 Å². The molecule has 0 unspecified atom stereocenters. The van der Waals surface area contributed by atoms with Gasteiger partial charge in [0, 0.05) is 43.8 Å². The van der Waals surface area contributed by atoms with Gasteiger partial charge in [-0.1, -0.05) is 48.5 Å². The van der Waals surface area contributed by atoms with Crippen molar-refractivity contribution in [1.82, 2.24) is 4.57 Å². The van der Waals surface area contributed by atoms with Gasteiger partial charge in [0.15, 0.2) is 23.1 Å². The number of hydrogen-bond donors (Lipinski definition) is 0. The molecule has 0 amide bonds. The molecule has 0 radical (unpaired) electrons. The summed E-state index contributed by atoms with van der Waals surface area (Å²) in [6.07, 6.45) is 3.51. The van der Waals surface area contributed by atoms with Crippen LogP contribution in [0.1, 0.15) is 51.2 Å². The number of benzene rings is 6. The number of allylic oxidation sites excluding steroid dienone is 2. The Morgan fingerprint density at radius 1 is 0.436 bits per heavy atom. The highest BCUT2D eigenvalue weighted by Crippen LogP contribution is 2.47. The van der Waals surface area contributed by atoms with E-state index < -0.39 is 0 Å². The Labute approximate surface area is 323 Å². The van der Waals surface area contributed by atoms with Gasteiger partial charge in [-0.05, 0) is 116 Å². The molecule has 12 rings (SSSR count). The molecule has 4 aromatic heterocycles. The van der Waals surface area contributed by atoms with Crippen LogP contribution in [0.2, 0.25) is 0 Å². The fourth-order valence-corrected chi connectivity index (χ4v) is 12.4. The lowest BCUT2D eigenvalue weighted by Gasteiger charge is -2.04. The Balaban J connectivity index is 0.889. The first-order chi connectivity index (χ1) is 26.8. The average Bonchev–Trinajstić information content (AvgIpc) is 4.01. The van der Waals surface area contributed by atoms with E-state index in [-0.39, 0.29) is 34.3 Å². The summed E-state index contributed by atoms with van der Waals surface area (Å²) in [5, 5.41) is 8.13. The van der Waals surface area contributed by atoms with Crippen molar-refractivity contribution >= 4 is 142 Å². The lowest BCUT2D eigenvalue weighted by atomic mass is 9.99. The van der Waals surface area contributed by atoms with Gasteiger partial charge < -0.3 is 4.57 Å². The highest BCUT2D eigenvalue weighted by molar-refractivity contribution is 7.35. The fourth-order valence-electron chi connectivity index (χ4n) is 8.50. The summed E-state index contributed by atoms with van der Waals surface area (Å²) in [4.78, 5) is 56.3. The second-order valence-electron chi connectivity index (χ2n) is 14.4. The second-order valence-corrected chi connectivity index (χ2v) is 17.6. The fraction of sp³-hybridized carbons (Fsp3) is 0.0213. The number of carbonyl (C=O) groups excluding carboxylic acids is 4. The van der Waals surface area contributed by atoms with E-state index >= 15 is 0 Å². The molecule has 258 valence electrons. The zero-order valence-corrected chi connectivity index (χ0v) is 31.3. The molecule has 0 fully saturated rings. The quantitative estimate of drug-likeness (QED) is 0.0999. The van der Waals surface area contributed by atoms with Crippen molar-refractivity contribution in [3.63, 3.8) is 0 Å². The first kappa shape index (κ1) is 31.1. The highest BCUT2D eigenvalue weighted by Gasteiger charge is 2.35. The Morgan fingerprint density at radius 3 is 1.27 bits per heavy atom. The van der Waals surface area contributed by atoms with Gasteiger partial charge in [0.05, 0.1) is 36.3 Å². The molecule has 0 aliphatic heterocycles. The normalized spacial score (nSPS) is 14.3. The summed E-state index contributed by atoms with van der Waals surface area (Å²) in [6, 6.07) is 36.0. The smallest absolute Gasteiger partial charge is 0.197 e. The van der Waals surface area contributed by atoms with Gasteiger partial charge in [0.25, 0.3) is 0 Å². The monoisotopic (exact) mass is 761 g/mol. The maximum Gasteiger partial charge on any atom is 0.197 e. The van der Waals surface area contributed by atoms with Crippen LogP contribution >= 0.6 is 34.0 Å². The van der Waals surface area contributed by atoms with E-state index in [9.17, 15) is 19.2 Å². The summed E-state index contributed by atoms with van der Waals surface area (Å²) < 4.78 is 6.58. The van der Waals surface area contributed by atoms with Crippen LogP contribution in [0.25, 0.3) is 85.1 Å². The largest absolute Gasteiger partial charge is 0.341 e. The third-order valence-corrected chi connectivity index (χ3v) is 14.8. The van der Waals surface area contributed by atoms with Crippen LogP contribution in [-0.4, -0.2) is 27.7 Å². The molecule has 2 aliphatic rings. The lowest BCUT2D eigenvalue weighted by molar-refractivity contribution is 0.0975. The molecule has 0 N–H and O–H groups in total. The van der Waals surface area contributed by atoms with Crippen molar-refractivity contribution in [3.05, 3.63) is 152 Å². The van der Waals surface area contributed by atoms with Gasteiger partial charge >= 0.3 is 0 Å². The summed E-state index contributed by atoms with van der Waals surface area (Å²) in [5.41, 5.74) is 4.35. The van der Waals surface area contributed by atoms with Crippen LogP contribution in [0.15, 0.2) is 120 Å². The predicted octanol–water partition coefficient (Wildman–Crippen LogP) is 12.2. The van der Waals surface area contributed by atoms with Crippen molar-refractivity contribution in [3.8, 4) is 0 Å². The van der Waals surface area contributed by atoms with Crippen LogP contribution < -0.4 is 0 Å². The van der Waals surface area contributed by atoms with E-state index in [0.29, 0.717) is 22.3 Å². The Morgan fingerprint density at radius 2 is 0.836 bits per heavy atom. The summed E-state index contributed by atoms with van der Waals surface area (Å²) >= 11 is 4.83. The molecule has 0 saturated heterocycles. The Bertz CT molecular complexity index is 3430. The molecule has 8 heteroatoms. The number of aromatic nitrogens is 1. The van der Waals surface area contributed by atoms with E-state index in [0.717, 1.165) is 82.7 Å². The molecule has 4 heterocycles. The highest BCUT2D eigenvalue weighted by atomic mass is 32.1. The van der Waals surface area contributed by atoms with Crippen molar-refractivity contribution in [1.29, 1.82) is 0 Å². The summed E-state index contributed by atoms with van der Waals surface area (Å²) in [6.45, 7) is 0. The number of aryl methyl sites for hydroxylation is 1. The van der Waals surface area contributed by atoms with Crippen LogP contribution in [0.3, 0.4) is 0 Å². The SMILES string of the molecule is Cn1c2cc(C=C3C(=O)c4cc5cc6ccccc6cc5cc4C3=O)sc2c2sc3cc(C=C4C(=O)c5cc6cc7ccccc7cc6cc5C4=O)sc3c21. The minimum atomic E-state index is -0.236. The molecule has 55 heavy (non-hydrogen) atoms. The van der Waals surface area contributed by atoms with E-state index in [1.807, 2.05) is 55.6 Å². The van der Waals surface area contributed by atoms with Crippen LogP contribution in [0.5, 0.6) is 0 Å². The molecule has 0 spiro atoms. The zero-order valence-electron chi connectivity index (χ0n) is 28.9. The summed E-state index contributed by atoms with van der Waals surface area (Å²) in [5.74, 6) is -0.940. The number of fused-ring (bicyclic) bond motifs is 11. The minimum absolute atomic E-state index is 0.196. The van der Waals surface area contributed by atoms with Gasteiger partial charge in [-0.3, -0.25) is 19.2 Å². The van der Waals surface area contributed by atoms with Crippen molar-refractivity contribution in [2.24, 2.45) is 7.05 Å². The first-order valence-corrected chi connectivity index (χ1v) is 20.2. The van der Waals surface area contributed by atoms with Gasteiger partial charge in [0.1, 0.15) is 0 Å². The molecule has 2 aliphatic carbocycles. The third kappa shape index (κ3) is 4.32. The van der Waals surface area contributed by atoms with E-state index in [2.05, 4.69) is 65.2 Å². The molecule has 10 aromatic rings. The number of hydrogen-bond acceptors (Lipinski definition) is 7. The van der Waals surface area contributed by atoms with Crippen LogP contribution in [0.4, 0.5) is 0 Å². The Hall–Kier alpha value is -6.32. The zero-order chi connectivity index (χ0) is 36.9. The van der Waals surface area contributed by atoms with Gasteiger partial charge in [-0.25, -0.2) is 0 Å². The van der Waals surface area contributed by atoms with Gasteiger partial charge in [-0.15, -0.1) is 34.0 Å². The summed E-state index contributed by atoms with van der Waals surface area (Å²) in [7, 11) is 2.03. The van der Waals surface area contributed by atoms with E-state index in [4.69, 9.17) is 0 Å². The number of ketones is 4. The standard InChI is InChI=1S/C47H23NO4S3/c1-48-38-20-30(18-36-41(49)32-14-26-10-22-6-2-3-7-23(22)11-27(26)15-33(32)42(36)50)53-45(38)47-40(48)46-39(55-47)21-31(54-46)19-37-43(51)34-16-28-12-24-8-4-5-9-25(24)13-29(28)17-35(34)44(37)52/h2-21H,1H3. The number of Topliss-reactive ketones (excluding diaryl/α,β-unsaturated/α-hetero) is 4. The maximum absolute atomic E-state index is 13.7. The maximum atomic E-state index is 13.7. The van der Waals surface area contributed by atoms with Crippen LogP contribution in [-0.2, 0) is 7.05 Å².